The molecule has 0 amide bonds. The van der Waals surface area contributed by atoms with Gasteiger partial charge in [-0.15, -0.1) is 11.3 Å². The van der Waals surface area contributed by atoms with Gasteiger partial charge in [-0.2, -0.15) is 0 Å². The Morgan fingerprint density at radius 1 is 1.32 bits per heavy atom. The Balaban J connectivity index is 2.31. The Kier molecular flexibility index (Phi) is 4.81. The van der Waals surface area contributed by atoms with E-state index >= 15 is 0 Å². The number of rotatable bonds is 6. The quantitative estimate of drug-likeness (QED) is 0.878. The molecule has 19 heavy (non-hydrogen) atoms. The molecule has 2 rings (SSSR count). The summed E-state index contributed by atoms with van der Waals surface area (Å²) in [5.41, 5.74) is 1.95. The maximum atomic E-state index is 5.12. The highest BCUT2D eigenvalue weighted by atomic mass is 32.1. The van der Waals surface area contributed by atoms with Crippen LogP contribution in [-0.4, -0.2) is 28.6 Å². The zero-order valence-electron chi connectivity index (χ0n) is 11.4. The largest absolute Gasteiger partial charge is 0.481 e. The van der Waals surface area contributed by atoms with E-state index in [4.69, 9.17) is 4.74 Å². The molecule has 0 atom stereocenters. The van der Waals surface area contributed by atoms with Gasteiger partial charge in [-0.3, -0.25) is 0 Å². The molecule has 0 saturated heterocycles. The molecule has 0 fully saturated rings. The number of nitrogens with one attached hydrogen (secondary N) is 1. The van der Waals surface area contributed by atoms with Crippen molar-refractivity contribution in [3.8, 4) is 16.6 Å². The molecule has 0 bridgehead atoms. The lowest BCUT2D eigenvalue weighted by molar-refractivity contribution is 0.397. The van der Waals surface area contributed by atoms with Crippen molar-refractivity contribution < 1.29 is 4.74 Å². The van der Waals surface area contributed by atoms with E-state index in [0.29, 0.717) is 5.88 Å². The molecule has 0 unspecified atom stereocenters. The maximum absolute atomic E-state index is 5.12. The predicted molar refractivity (Wildman–Crippen MR) is 76.5 cm³/mol. The number of hydrogen-bond acceptors (Lipinski definition) is 6. The van der Waals surface area contributed by atoms with Gasteiger partial charge in [0.05, 0.1) is 12.8 Å². The average Bonchev–Trinajstić information content (AvgIpc) is 2.88. The Hall–Kier alpha value is -1.53. The lowest BCUT2D eigenvalue weighted by Crippen LogP contribution is -2.11. The minimum absolute atomic E-state index is 0.562. The maximum Gasteiger partial charge on any atom is 0.216 e. The van der Waals surface area contributed by atoms with Crippen molar-refractivity contribution in [1.82, 2.24) is 20.3 Å². The lowest BCUT2D eigenvalue weighted by Gasteiger charge is -1.99. The molecule has 0 saturated carbocycles. The van der Waals surface area contributed by atoms with Crippen LogP contribution in [0.2, 0.25) is 0 Å². The van der Waals surface area contributed by atoms with Crippen molar-refractivity contribution in [1.29, 1.82) is 0 Å². The molecule has 2 aromatic heterocycles. The zero-order valence-corrected chi connectivity index (χ0v) is 12.3. The normalized spacial score (nSPS) is 10.7. The highest BCUT2D eigenvalue weighted by Gasteiger charge is 2.12. The standard InChI is InChI=1S/C13H18N4OS/c1-4-9-11(7-14-5-2)19-13(17-9)10-6-12(18-3)16-8-15-10/h6,8,14H,4-5,7H2,1-3H3. The lowest BCUT2D eigenvalue weighted by atomic mass is 10.3. The molecular weight excluding hydrogens is 260 g/mol. The Morgan fingerprint density at radius 3 is 2.84 bits per heavy atom. The second kappa shape index (κ2) is 6.58. The van der Waals surface area contributed by atoms with Gasteiger partial charge < -0.3 is 10.1 Å². The van der Waals surface area contributed by atoms with Gasteiger partial charge in [0.15, 0.2) is 0 Å². The molecule has 0 aliphatic heterocycles. The van der Waals surface area contributed by atoms with Crippen LogP contribution in [-0.2, 0) is 13.0 Å². The third kappa shape index (κ3) is 3.27. The van der Waals surface area contributed by atoms with Crippen LogP contribution in [0, 0.1) is 0 Å². The minimum atomic E-state index is 0.562. The Bertz CT molecular complexity index is 541. The monoisotopic (exact) mass is 278 g/mol. The van der Waals surface area contributed by atoms with Gasteiger partial charge in [0.2, 0.25) is 5.88 Å². The molecule has 2 heterocycles. The number of methoxy groups -OCH3 is 1. The van der Waals surface area contributed by atoms with Crippen LogP contribution >= 0.6 is 11.3 Å². The fraction of sp³-hybridized carbons (Fsp3) is 0.462. The van der Waals surface area contributed by atoms with E-state index in [9.17, 15) is 0 Å². The summed E-state index contributed by atoms with van der Waals surface area (Å²) in [6, 6.07) is 1.81. The van der Waals surface area contributed by atoms with E-state index < -0.39 is 0 Å². The summed E-state index contributed by atoms with van der Waals surface area (Å²) in [6.45, 7) is 6.04. The number of ether oxygens (including phenoxy) is 1. The molecule has 0 aliphatic carbocycles. The van der Waals surface area contributed by atoms with Crippen molar-refractivity contribution in [2.24, 2.45) is 0 Å². The van der Waals surface area contributed by atoms with Crippen molar-refractivity contribution in [3.05, 3.63) is 23.0 Å². The fourth-order valence-electron chi connectivity index (χ4n) is 1.71. The molecule has 102 valence electrons. The van der Waals surface area contributed by atoms with Crippen LogP contribution in [0.25, 0.3) is 10.7 Å². The van der Waals surface area contributed by atoms with Crippen LogP contribution < -0.4 is 10.1 Å². The highest BCUT2D eigenvalue weighted by molar-refractivity contribution is 7.15. The van der Waals surface area contributed by atoms with Crippen molar-refractivity contribution >= 4 is 11.3 Å². The molecule has 0 aliphatic rings. The minimum Gasteiger partial charge on any atom is -0.481 e. The van der Waals surface area contributed by atoms with Gasteiger partial charge in [-0.1, -0.05) is 13.8 Å². The molecule has 5 nitrogen and oxygen atoms in total. The number of aromatic nitrogens is 3. The van der Waals surface area contributed by atoms with E-state index in [1.165, 1.54) is 11.2 Å². The first kappa shape index (κ1) is 13.9. The molecule has 2 aromatic rings. The summed E-state index contributed by atoms with van der Waals surface area (Å²) in [4.78, 5) is 14.2. The third-order valence-electron chi connectivity index (χ3n) is 2.72. The molecule has 0 radical (unpaired) electrons. The zero-order chi connectivity index (χ0) is 13.7. The Morgan fingerprint density at radius 2 is 2.16 bits per heavy atom. The van der Waals surface area contributed by atoms with Crippen LogP contribution in [0.15, 0.2) is 12.4 Å². The molecule has 6 heteroatoms. The second-order valence-corrected chi connectivity index (χ2v) is 5.05. The van der Waals surface area contributed by atoms with E-state index in [-0.39, 0.29) is 0 Å². The molecule has 1 N–H and O–H groups in total. The van der Waals surface area contributed by atoms with E-state index in [2.05, 4.69) is 34.1 Å². The van der Waals surface area contributed by atoms with E-state index in [1.807, 2.05) is 6.07 Å². The average molecular weight is 278 g/mol. The predicted octanol–water partition coefficient (Wildman–Crippen LogP) is 2.28. The van der Waals surface area contributed by atoms with Crippen LogP contribution in [0.1, 0.15) is 24.4 Å². The Labute approximate surface area is 117 Å². The van der Waals surface area contributed by atoms with Gasteiger partial charge in [0.1, 0.15) is 17.0 Å². The van der Waals surface area contributed by atoms with Gasteiger partial charge in [0.25, 0.3) is 0 Å². The van der Waals surface area contributed by atoms with Gasteiger partial charge in [-0.25, -0.2) is 15.0 Å². The first-order valence-electron chi connectivity index (χ1n) is 6.34. The smallest absolute Gasteiger partial charge is 0.216 e. The van der Waals surface area contributed by atoms with Gasteiger partial charge >= 0.3 is 0 Å². The summed E-state index contributed by atoms with van der Waals surface area (Å²) >= 11 is 1.68. The number of aryl methyl sites for hydroxylation is 1. The first-order valence-corrected chi connectivity index (χ1v) is 7.15. The van der Waals surface area contributed by atoms with Crippen molar-refractivity contribution in [2.45, 2.75) is 26.8 Å². The van der Waals surface area contributed by atoms with E-state index in [1.54, 1.807) is 18.4 Å². The fourth-order valence-corrected chi connectivity index (χ4v) is 2.80. The first-order chi connectivity index (χ1) is 9.28. The van der Waals surface area contributed by atoms with Crippen LogP contribution in [0.4, 0.5) is 0 Å². The second-order valence-electron chi connectivity index (χ2n) is 3.97. The van der Waals surface area contributed by atoms with Crippen LogP contribution in [0.5, 0.6) is 5.88 Å². The van der Waals surface area contributed by atoms with Crippen molar-refractivity contribution in [3.63, 3.8) is 0 Å². The summed E-state index contributed by atoms with van der Waals surface area (Å²) in [6.07, 6.45) is 2.44. The summed E-state index contributed by atoms with van der Waals surface area (Å²) < 4.78 is 5.12. The highest BCUT2D eigenvalue weighted by Crippen LogP contribution is 2.28. The number of hydrogen-bond donors (Lipinski definition) is 1. The topological polar surface area (TPSA) is 59.9 Å². The van der Waals surface area contributed by atoms with Gasteiger partial charge in [0, 0.05) is 17.5 Å². The molecule has 0 aromatic carbocycles. The summed E-state index contributed by atoms with van der Waals surface area (Å²) in [5.74, 6) is 0.562. The molecular formula is C13H18N4OS. The number of thiazole rings is 1. The SMILES string of the molecule is CCNCc1sc(-c2cc(OC)ncn2)nc1CC. The van der Waals surface area contributed by atoms with Crippen molar-refractivity contribution in [2.75, 3.05) is 13.7 Å². The van der Waals surface area contributed by atoms with Crippen LogP contribution in [0.3, 0.4) is 0 Å². The van der Waals surface area contributed by atoms with Gasteiger partial charge in [-0.05, 0) is 13.0 Å². The summed E-state index contributed by atoms with van der Waals surface area (Å²) in [5, 5.41) is 4.26. The summed E-state index contributed by atoms with van der Waals surface area (Å²) in [7, 11) is 1.60. The molecule has 0 spiro atoms. The third-order valence-corrected chi connectivity index (χ3v) is 3.84. The number of nitrogens with zero attached hydrogens (tertiary/aromatic N) is 3. The van der Waals surface area contributed by atoms with E-state index in [0.717, 1.165) is 35.9 Å².